The summed E-state index contributed by atoms with van der Waals surface area (Å²) in [6.45, 7) is 3.85. The van der Waals surface area contributed by atoms with E-state index in [1.54, 1.807) is 25.3 Å². The molecule has 0 saturated carbocycles. The zero-order valence-electron chi connectivity index (χ0n) is 13.5. The van der Waals surface area contributed by atoms with Crippen molar-refractivity contribution in [1.29, 1.82) is 0 Å². The Morgan fingerprint density at radius 2 is 1.87 bits per heavy atom. The van der Waals surface area contributed by atoms with Gasteiger partial charge in [0.15, 0.2) is 0 Å². The number of rotatable bonds is 5. The lowest BCUT2D eigenvalue weighted by Crippen LogP contribution is -2.34. The van der Waals surface area contributed by atoms with Crippen LogP contribution in [-0.2, 0) is 9.59 Å². The third-order valence-corrected chi connectivity index (χ3v) is 3.44. The number of para-hydroxylation sites is 1. The molecule has 23 heavy (non-hydrogen) atoms. The van der Waals surface area contributed by atoms with Crippen molar-refractivity contribution in [2.75, 3.05) is 18.9 Å². The highest BCUT2D eigenvalue weighted by Gasteiger charge is 2.12. The number of hydrogen-bond donors (Lipinski definition) is 1. The fourth-order valence-corrected chi connectivity index (χ4v) is 2.15. The normalized spacial score (nSPS) is 10.7. The van der Waals surface area contributed by atoms with Gasteiger partial charge in [-0.1, -0.05) is 18.2 Å². The van der Waals surface area contributed by atoms with Gasteiger partial charge in [-0.3, -0.25) is 9.59 Å². The number of carbonyl (C=O) groups is 2. The summed E-state index contributed by atoms with van der Waals surface area (Å²) in [5.74, 6) is 0.0921. The molecule has 2 aromatic rings. The highest BCUT2D eigenvalue weighted by Crippen LogP contribution is 2.19. The third kappa shape index (κ3) is 4.57. The van der Waals surface area contributed by atoms with Gasteiger partial charge in [-0.25, -0.2) is 0 Å². The van der Waals surface area contributed by atoms with Gasteiger partial charge >= 0.3 is 0 Å². The van der Waals surface area contributed by atoms with Crippen LogP contribution in [0.25, 0.3) is 6.08 Å². The second-order valence-corrected chi connectivity index (χ2v) is 5.36. The Bertz CT molecular complexity index is 698. The predicted molar refractivity (Wildman–Crippen MR) is 89.9 cm³/mol. The van der Waals surface area contributed by atoms with E-state index in [4.69, 9.17) is 4.42 Å². The predicted octanol–water partition coefficient (Wildman–Crippen LogP) is 3.01. The lowest BCUT2D eigenvalue weighted by Gasteiger charge is -2.16. The van der Waals surface area contributed by atoms with Crippen molar-refractivity contribution in [3.05, 3.63) is 59.6 Å². The molecule has 0 unspecified atom stereocenters. The summed E-state index contributed by atoms with van der Waals surface area (Å²) < 4.78 is 5.11. The maximum atomic E-state index is 12.1. The third-order valence-electron chi connectivity index (χ3n) is 3.44. The van der Waals surface area contributed by atoms with Gasteiger partial charge in [-0.2, -0.15) is 0 Å². The van der Waals surface area contributed by atoms with Crippen LogP contribution in [0.5, 0.6) is 0 Å². The van der Waals surface area contributed by atoms with Crippen molar-refractivity contribution < 1.29 is 14.0 Å². The molecular formula is C18H20N2O3. The maximum Gasteiger partial charge on any atom is 0.246 e. The number of hydrogen-bond acceptors (Lipinski definition) is 3. The Hall–Kier alpha value is -2.82. The van der Waals surface area contributed by atoms with E-state index >= 15 is 0 Å². The summed E-state index contributed by atoms with van der Waals surface area (Å²) in [5, 5.41) is 2.86. The van der Waals surface area contributed by atoms with Gasteiger partial charge in [0, 0.05) is 18.8 Å². The number of nitrogens with zero attached hydrogens (tertiary/aromatic N) is 1. The number of nitrogens with one attached hydrogen (secondary N) is 1. The van der Waals surface area contributed by atoms with Crippen LogP contribution in [0.15, 0.2) is 47.1 Å². The van der Waals surface area contributed by atoms with E-state index in [-0.39, 0.29) is 18.4 Å². The highest BCUT2D eigenvalue weighted by molar-refractivity contribution is 5.98. The molecule has 0 fully saturated rings. The van der Waals surface area contributed by atoms with E-state index in [1.807, 2.05) is 32.0 Å². The molecule has 120 valence electrons. The Morgan fingerprint density at radius 3 is 2.48 bits per heavy atom. The largest absolute Gasteiger partial charge is 0.465 e. The molecule has 0 saturated heterocycles. The Kier molecular flexibility index (Phi) is 5.36. The molecule has 0 aliphatic heterocycles. The first-order chi connectivity index (χ1) is 11.0. The van der Waals surface area contributed by atoms with Crippen molar-refractivity contribution in [2.45, 2.75) is 13.8 Å². The van der Waals surface area contributed by atoms with Crippen LogP contribution in [0, 0.1) is 13.8 Å². The minimum Gasteiger partial charge on any atom is -0.465 e. The molecule has 2 amide bonds. The Labute approximate surface area is 135 Å². The van der Waals surface area contributed by atoms with E-state index in [0.717, 1.165) is 16.8 Å². The summed E-state index contributed by atoms with van der Waals surface area (Å²) >= 11 is 0. The van der Waals surface area contributed by atoms with Crippen molar-refractivity contribution in [1.82, 2.24) is 4.90 Å². The van der Waals surface area contributed by atoms with Crippen molar-refractivity contribution in [2.24, 2.45) is 0 Å². The van der Waals surface area contributed by atoms with E-state index < -0.39 is 0 Å². The van der Waals surface area contributed by atoms with Crippen molar-refractivity contribution in [3.8, 4) is 0 Å². The van der Waals surface area contributed by atoms with Crippen LogP contribution in [-0.4, -0.2) is 30.3 Å². The fraction of sp³-hybridized carbons (Fsp3) is 0.222. The summed E-state index contributed by atoms with van der Waals surface area (Å²) in [6, 6.07) is 9.30. The van der Waals surface area contributed by atoms with E-state index in [9.17, 15) is 9.59 Å². The number of carbonyl (C=O) groups excluding carboxylic acids is 2. The van der Waals surface area contributed by atoms with Crippen LogP contribution in [0.3, 0.4) is 0 Å². The summed E-state index contributed by atoms with van der Waals surface area (Å²) in [5.41, 5.74) is 2.78. The summed E-state index contributed by atoms with van der Waals surface area (Å²) in [4.78, 5) is 25.4. The Balaban J connectivity index is 1.93. The first-order valence-corrected chi connectivity index (χ1v) is 7.30. The van der Waals surface area contributed by atoms with Gasteiger partial charge in [-0.05, 0) is 43.2 Å². The molecule has 2 rings (SSSR count). The van der Waals surface area contributed by atoms with Crippen LogP contribution < -0.4 is 5.32 Å². The van der Waals surface area contributed by atoms with E-state index in [0.29, 0.717) is 5.76 Å². The molecular weight excluding hydrogens is 292 g/mol. The van der Waals surface area contributed by atoms with Gasteiger partial charge in [-0.15, -0.1) is 0 Å². The summed E-state index contributed by atoms with van der Waals surface area (Å²) in [6.07, 6.45) is 4.49. The van der Waals surface area contributed by atoms with Gasteiger partial charge < -0.3 is 14.6 Å². The molecule has 0 radical (unpaired) electrons. The Morgan fingerprint density at radius 1 is 1.17 bits per heavy atom. The molecule has 1 N–H and O–H groups in total. The average Bonchev–Trinajstić information content (AvgIpc) is 3.02. The van der Waals surface area contributed by atoms with Gasteiger partial charge in [0.2, 0.25) is 11.8 Å². The molecule has 5 nitrogen and oxygen atoms in total. The van der Waals surface area contributed by atoms with E-state index in [1.165, 1.54) is 17.2 Å². The van der Waals surface area contributed by atoms with Gasteiger partial charge in [0.1, 0.15) is 5.76 Å². The smallest absolute Gasteiger partial charge is 0.246 e. The van der Waals surface area contributed by atoms with E-state index in [2.05, 4.69) is 5.32 Å². The number of benzene rings is 1. The molecule has 1 heterocycles. The van der Waals surface area contributed by atoms with Gasteiger partial charge in [0.05, 0.1) is 12.8 Å². The standard InChI is InChI=1S/C18H20N2O3/c1-13-6-4-7-14(2)18(13)19-16(21)12-20(3)17(22)10-9-15-8-5-11-23-15/h4-11H,12H2,1-3H3,(H,19,21)/b10-9+. The van der Waals surface area contributed by atoms with Crippen LogP contribution in [0.2, 0.25) is 0 Å². The number of aryl methyl sites for hydroxylation is 2. The van der Waals surface area contributed by atoms with Crippen molar-refractivity contribution in [3.63, 3.8) is 0 Å². The lowest BCUT2D eigenvalue weighted by atomic mass is 10.1. The average molecular weight is 312 g/mol. The second kappa shape index (κ2) is 7.45. The highest BCUT2D eigenvalue weighted by atomic mass is 16.3. The summed E-state index contributed by atoms with van der Waals surface area (Å²) in [7, 11) is 1.58. The zero-order valence-corrected chi connectivity index (χ0v) is 13.5. The second-order valence-electron chi connectivity index (χ2n) is 5.36. The van der Waals surface area contributed by atoms with Crippen LogP contribution in [0.4, 0.5) is 5.69 Å². The number of likely N-dealkylation sites (N-methyl/N-ethyl adjacent to an activating group) is 1. The SMILES string of the molecule is Cc1cccc(C)c1NC(=O)CN(C)C(=O)/C=C/c1ccco1. The molecule has 0 bridgehead atoms. The first-order valence-electron chi connectivity index (χ1n) is 7.30. The quantitative estimate of drug-likeness (QED) is 0.863. The first kappa shape index (κ1) is 16.5. The maximum absolute atomic E-state index is 12.1. The molecule has 1 aromatic heterocycles. The minimum atomic E-state index is -0.266. The molecule has 1 aromatic carbocycles. The minimum absolute atomic E-state index is 0.0187. The lowest BCUT2D eigenvalue weighted by molar-refractivity contribution is -0.129. The zero-order chi connectivity index (χ0) is 16.8. The molecule has 0 aliphatic rings. The molecule has 0 spiro atoms. The van der Waals surface area contributed by atoms with Gasteiger partial charge in [0.25, 0.3) is 0 Å². The number of furan rings is 1. The topological polar surface area (TPSA) is 62.6 Å². The number of amides is 2. The molecule has 0 aliphatic carbocycles. The number of anilines is 1. The molecule has 5 heteroatoms. The van der Waals surface area contributed by atoms with Crippen molar-refractivity contribution >= 4 is 23.6 Å². The fourth-order valence-electron chi connectivity index (χ4n) is 2.15. The van der Waals surface area contributed by atoms with Crippen LogP contribution in [0.1, 0.15) is 16.9 Å². The van der Waals surface area contributed by atoms with Crippen LogP contribution >= 0.6 is 0 Å². The monoisotopic (exact) mass is 312 g/mol. The molecule has 0 atom stereocenters.